The molecule has 3 N–H and O–H groups in total. The van der Waals surface area contributed by atoms with Crippen LogP contribution in [0.4, 0.5) is 0 Å². The molecule has 38 heavy (non-hydrogen) atoms. The number of rotatable bonds is 15. The molecule has 2 fully saturated rings. The minimum atomic E-state index is -0.898. The van der Waals surface area contributed by atoms with Crippen molar-refractivity contribution in [1.29, 1.82) is 0 Å². The Morgan fingerprint density at radius 3 is 2.13 bits per heavy atom. The Balaban J connectivity index is 0.000000323. The highest BCUT2D eigenvalue weighted by molar-refractivity contribution is 7.99. The zero-order valence-corrected chi connectivity index (χ0v) is 24.5. The van der Waals surface area contributed by atoms with Crippen molar-refractivity contribution < 1.29 is 14.7 Å². The third-order valence-corrected chi connectivity index (χ3v) is 8.53. The van der Waals surface area contributed by atoms with Crippen LogP contribution in [0.3, 0.4) is 0 Å². The van der Waals surface area contributed by atoms with Crippen molar-refractivity contribution in [2.45, 2.75) is 139 Å². The number of nitrogens with one attached hydrogen (secondary N) is 2. The van der Waals surface area contributed by atoms with E-state index in [1.54, 1.807) is 11.8 Å². The Morgan fingerprint density at radius 1 is 0.921 bits per heavy atom. The Bertz CT molecular complexity index is 758. The van der Waals surface area contributed by atoms with E-state index in [1.807, 2.05) is 42.5 Å². The van der Waals surface area contributed by atoms with Gasteiger partial charge in [0.15, 0.2) is 0 Å². The first-order chi connectivity index (χ1) is 18.6. The Labute approximate surface area is 236 Å². The number of allylic oxidation sites excluding steroid dienone is 1. The molecule has 2 aliphatic rings. The number of amides is 1. The normalized spacial score (nSPS) is 17.5. The van der Waals surface area contributed by atoms with Gasteiger partial charge in [-0.2, -0.15) is 0 Å². The van der Waals surface area contributed by atoms with E-state index in [2.05, 4.69) is 17.6 Å². The van der Waals surface area contributed by atoms with Crippen LogP contribution in [0.1, 0.15) is 116 Å². The van der Waals surface area contributed by atoms with Crippen molar-refractivity contribution in [3.8, 4) is 0 Å². The van der Waals surface area contributed by atoms with Gasteiger partial charge in [-0.05, 0) is 50.7 Å². The summed E-state index contributed by atoms with van der Waals surface area (Å²) in [6, 6.07) is 11.2. The fourth-order valence-electron chi connectivity index (χ4n) is 5.23. The monoisotopic (exact) mass is 544 g/mol. The quantitative estimate of drug-likeness (QED) is 0.119. The van der Waals surface area contributed by atoms with Gasteiger partial charge in [0.25, 0.3) is 0 Å². The molecule has 6 heteroatoms. The van der Waals surface area contributed by atoms with Gasteiger partial charge in [0, 0.05) is 35.2 Å². The number of carbonyl (C=O) groups is 2. The van der Waals surface area contributed by atoms with Crippen LogP contribution in [-0.2, 0) is 9.59 Å². The molecule has 1 unspecified atom stereocenters. The molecular weight excluding hydrogens is 492 g/mol. The molecule has 0 saturated heterocycles. The molecule has 5 nitrogen and oxygen atoms in total. The van der Waals surface area contributed by atoms with Crippen molar-refractivity contribution in [3.63, 3.8) is 0 Å². The molecular formula is C32H52N2O3S. The third-order valence-electron chi connectivity index (χ3n) is 7.36. The van der Waals surface area contributed by atoms with Gasteiger partial charge in [-0.25, -0.2) is 0 Å². The summed E-state index contributed by atoms with van der Waals surface area (Å²) >= 11 is 1.56. The largest absolute Gasteiger partial charge is 0.481 e. The van der Waals surface area contributed by atoms with E-state index < -0.39 is 5.97 Å². The van der Waals surface area contributed by atoms with Gasteiger partial charge in [-0.3, -0.25) is 9.59 Å². The van der Waals surface area contributed by atoms with Gasteiger partial charge < -0.3 is 15.7 Å². The maximum absolute atomic E-state index is 12.0. The second-order valence-electron chi connectivity index (χ2n) is 10.8. The van der Waals surface area contributed by atoms with Crippen LogP contribution >= 0.6 is 11.8 Å². The molecule has 1 aromatic rings. The topological polar surface area (TPSA) is 78.4 Å². The van der Waals surface area contributed by atoms with Crippen LogP contribution in [-0.4, -0.2) is 40.9 Å². The second kappa shape index (κ2) is 21.1. The van der Waals surface area contributed by atoms with E-state index in [0.29, 0.717) is 12.2 Å². The number of benzene rings is 1. The maximum atomic E-state index is 12.0. The Kier molecular flexibility index (Phi) is 18.0. The molecule has 2 aliphatic carbocycles. The van der Waals surface area contributed by atoms with Crippen molar-refractivity contribution in [3.05, 3.63) is 42.5 Å². The lowest BCUT2D eigenvalue weighted by Crippen LogP contribution is -2.40. The van der Waals surface area contributed by atoms with Crippen molar-refractivity contribution >= 4 is 23.6 Å². The number of thioether (sulfide) groups is 1. The zero-order chi connectivity index (χ0) is 27.3. The molecule has 2 saturated carbocycles. The summed E-state index contributed by atoms with van der Waals surface area (Å²) in [4.78, 5) is 24.1. The third kappa shape index (κ3) is 16.2. The van der Waals surface area contributed by atoms with E-state index in [1.165, 1.54) is 83.5 Å². The zero-order valence-electron chi connectivity index (χ0n) is 23.7. The number of unbranched alkanes of at least 4 members (excludes halogenated alkanes) is 4. The van der Waals surface area contributed by atoms with E-state index in [0.717, 1.165) is 29.8 Å². The second-order valence-corrected chi connectivity index (χ2v) is 11.9. The standard InChI is InChI=1S/C20H29NO3S.C12H23N/c1-2-3-4-5-6-7-11-14-19(22)21-17(15-20(23)24)16-25-18-12-9-8-10-13-18;1-3-7-11(8-4-1)13-12-9-5-2-6-10-12/h7-13,17H,2-6,14-16H2,1H3,(H,21,22)(H,23,24);11-13H,1-10H2/b11-7+;. The highest BCUT2D eigenvalue weighted by Gasteiger charge is 2.19. The van der Waals surface area contributed by atoms with Gasteiger partial charge in [-0.15, -0.1) is 11.8 Å². The summed E-state index contributed by atoms with van der Waals surface area (Å²) < 4.78 is 0. The average Bonchev–Trinajstić information content (AvgIpc) is 2.93. The van der Waals surface area contributed by atoms with Crippen molar-refractivity contribution in [1.82, 2.24) is 10.6 Å². The number of carboxylic acid groups (broad SMARTS) is 1. The van der Waals surface area contributed by atoms with E-state index in [4.69, 9.17) is 5.11 Å². The van der Waals surface area contributed by atoms with Gasteiger partial charge in [-0.1, -0.05) is 95.1 Å². The fraction of sp³-hybridized carbons (Fsp3) is 0.688. The summed E-state index contributed by atoms with van der Waals surface area (Å²) in [5.74, 6) is -0.474. The van der Waals surface area contributed by atoms with E-state index >= 15 is 0 Å². The lowest BCUT2D eigenvalue weighted by atomic mass is 9.91. The summed E-state index contributed by atoms with van der Waals surface area (Å²) in [5, 5.41) is 15.7. The lowest BCUT2D eigenvalue weighted by molar-refractivity contribution is -0.137. The molecule has 1 aromatic carbocycles. The molecule has 1 atom stereocenters. The van der Waals surface area contributed by atoms with Crippen LogP contribution in [0.2, 0.25) is 0 Å². The van der Waals surface area contributed by atoms with Gasteiger partial charge in [0.1, 0.15) is 0 Å². The number of hydrogen-bond donors (Lipinski definition) is 3. The molecule has 214 valence electrons. The fourth-order valence-corrected chi connectivity index (χ4v) is 6.18. The van der Waals surface area contributed by atoms with E-state index in [9.17, 15) is 9.59 Å². The molecule has 1 amide bonds. The summed E-state index contributed by atoms with van der Waals surface area (Å²) in [6.45, 7) is 2.18. The number of aliphatic carboxylic acids is 1. The van der Waals surface area contributed by atoms with Gasteiger partial charge in [0.2, 0.25) is 5.91 Å². The first kappa shape index (κ1) is 32.4. The summed E-state index contributed by atoms with van der Waals surface area (Å²) in [6.07, 6.45) is 24.6. The summed E-state index contributed by atoms with van der Waals surface area (Å²) in [7, 11) is 0. The molecule has 0 bridgehead atoms. The molecule has 0 radical (unpaired) electrons. The first-order valence-electron chi connectivity index (χ1n) is 15.2. The molecule has 0 heterocycles. The Hall–Kier alpha value is -1.79. The molecule has 0 spiro atoms. The highest BCUT2D eigenvalue weighted by atomic mass is 32.2. The maximum Gasteiger partial charge on any atom is 0.305 e. The van der Waals surface area contributed by atoms with Gasteiger partial charge in [0.05, 0.1) is 6.42 Å². The molecule has 0 aromatic heterocycles. The van der Waals surface area contributed by atoms with Crippen LogP contribution in [0.15, 0.2) is 47.4 Å². The smallest absolute Gasteiger partial charge is 0.305 e. The van der Waals surface area contributed by atoms with Gasteiger partial charge >= 0.3 is 5.97 Å². The van der Waals surface area contributed by atoms with Crippen molar-refractivity contribution in [2.24, 2.45) is 0 Å². The number of carbonyl (C=O) groups excluding carboxylic acids is 1. The van der Waals surface area contributed by atoms with E-state index in [-0.39, 0.29) is 18.4 Å². The first-order valence-corrected chi connectivity index (χ1v) is 16.2. The van der Waals surface area contributed by atoms with Crippen molar-refractivity contribution in [2.75, 3.05) is 5.75 Å². The minimum Gasteiger partial charge on any atom is -0.481 e. The van der Waals surface area contributed by atoms with Crippen LogP contribution < -0.4 is 10.6 Å². The molecule has 0 aliphatic heterocycles. The predicted octanol–water partition coefficient (Wildman–Crippen LogP) is 7.90. The Morgan fingerprint density at radius 2 is 1.55 bits per heavy atom. The van der Waals surface area contributed by atoms with Crippen LogP contribution in [0.25, 0.3) is 0 Å². The van der Waals surface area contributed by atoms with Crippen LogP contribution in [0.5, 0.6) is 0 Å². The van der Waals surface area contributed by atoms with Crippen LogP contribution in [0, 0.1) is 0 Å². The SMILES string of the molecule is C1CCC(NC2CCCCC2)CC1.CCCCCC/C=C/CC(=O)NC(CSc1ccccc1)CC(=O)O. The minimum absolute atomic E-state index is 0.0632. The molecule has 3 rings (SSSR count). The predicted molar refractivity (Wildman–Crippen MR) is 161 cm³/mol. The lowest BCUT2D eigenvalue weighted by Gasteiger charge is -2.30. The highest BCUT2D eigenvalue weighted by Crippen LogP contribution is 2.22. The number of carboxylic acids is 1. The number of hydrogen-bond acceptors (Lipinski definition) is 4. The summed E-state index contributed by atoms with van der Waals surface area (Å²) in [5.41, 5.74) is 0. The average molecular weight is 545 g/mol.